The molecule has 1 saturated heterocycles. The third-order valence-corrected chi connectivity index (χ3v) is 5.61. The number of benzene rings is 1. The Labute approximate surface area is 158 Å². The number of hydrogen-bond acceptors (Lipinski definition) is 4. The van der Waals surface area contributed by atoms with Crippen molar-refractivity contribution in [2.75, 3.05) is 24.7 Å². The third-order valence-electron chi connectivity index (χ3n) is 5.61. The highest BCUT2D eigenvalue weighted by atomic mass is 16.3. The van der Waals surface area contributed by atoms with Crippen LogP contribution in [-0.2, 0) is 10.4 Å². The first-order chi connectivity index (χ1) is 13.0. The highest BCUT2D eigenvalue weighted by molar-refractivity contribution is 6.10. The molecule has 3 heterocycles. The minimum atomic E-state index is -1.84. The zero-order valence-corrected chi connectivity index (χ0v) is 15.5. The molecule has 0 spiro atoms. The summed E-state index contributed by atoms with van der Waals surface area (Å²) in [5.41, 5.74) is -0.640. The zero-order chi connectivity index (χ0) is 19.0. The molecule has 1 aromatic carbocycles. The van der Waals surface area contributed by atoms with Crippen LogP contribution in [0.4, 0.5) is 5.69 Å². The average Bonchev–Trinajstić information content (AvgIpc) is 3.20. The monoisotopic (exact) mass is 369 g/mol. The van der Waals surface area contributed by atoms with Gasteiger partial charge in [0.25, 0.3) is 5.91 Å². The molecule has 1 aromatic heterocycles. The topological polar surface area (TPSA) is 75.2 Å². The lowest BCUT2D eigenvalue weighted by atomic mass is 9.89. The molecule has 4 rings (SSSR count). The lowest BCUT2D eigenvalue weighted by molar-refractivity contribution is -0.903. The number of piperidine rings is 1. The van der Waals surface area contributed by atoms with E-state index in [0.29, 0.717) is 23.7 Å². The van der Waals surface area contributed by atoms with E-state index in [4.69, 9.17) is 4.42 Å². The molecule has 1 atom stereocenters. The van der Waals surface area contributed by atoms with Crippen molar-refractivity contribution in [2.45, 2.75) is 38.2 Å². The van der Waals surface area contributed by atoms with Crippen LogP contribution in [0.15, 0.2) is 40.8 Å². The van der Waals surface area contributed by atoms with Crippen LogP contribution in [0.1, 0.15) is 47.6 Å². The third kappa shape index (κ3) is 3.19. The molecule has 0 aliphatic carbocycles. The lowest BCUT2D eigenvalue weighted by Crippen LogP contribution is -3.14. The van der Waals surface area contributed by atoms with Gasteiger partial charge in [-0.1, -0.05) is 18.2 Å². The Kier molecular flexibility index (Phi) is 4.61. The molecule has 6 nitrogen and oxygen atoms in total. The fourth-order valence-electron chi connectivity index (χ4n) is 4.17. The van der Waals surface area contributed by atoms with E-state index >= 15 is 0 Å². The van der Waals surface area contributed by atoms with Crippen LogP contribution >= 0.6 is 0 Å². The van der Waals surface area contributed by atoms with Crippen LogP contribution < -0.4 is 9.80 Å². The molecular weight excluding hydrogens is 344 g/mol. The highest BCUT2D eigenvalue weighted by Gasteiger charge is 2.52. The van der Waals surface area contributed by atoms with Crippen molar-refractivity contribution in [2.24, 2.45) is 0 Å². The summed E-state index contributed by atoms with van der Waals surface area (Å²) in [6, 6.07) is 10.5. The number of likely N-dealkylation sites (tertiary alicyclic amines) is 1. The highest BCUT2D eigenvalue weighted by Crippen LogP contribution is 2.42. The van der Waals surface area contributed by atoms with E-state index in [1.54, 1.807) is 36.1 Å². The molecule has 1 fully saturated rings. The summed E-state index contributed by atoms with van der Waals surface area (Å²) in [4.78, 5) is 28.8. The maximum Gasteiger partial charge on any atom is 0.268 e. The first kappa shape index (κ1) is 17.9. The van der Waals surface area contributed by atoms with Gasteiger partial charge >= 0.3 is 0 Å². The Hall–Kier alpha value is -2.44. The molecule has 2 aliphatic heterocycles. The number of Topliss-reactive ketones (excluding diaryl/α,β-unsaturated/α-hetero) is 1. The molecule has 0 bridgehead atoms. The van der Waals surface area contributed by atoms with Gasteiger partial charge in [0.05, 0.1) is 25.2 Å². The number of aliphatic hydroxyl groups is 1. The molecule has 2 N–H and O–H groups in total. The lowest BCUT2D eigenvalue weighted by Gasteiger charge is -2.29. The number of rotatable bonds is 5. The normalized spacial score (nSPS) is 22.9. The Balaban J connectivity index is 1.62. The summed E-state index contributed by atoms with van der Waals surface area (Å²) in [5.74, 6) is 0.00412. The minimum absolute atomic E-state index is 0.173. The Morgan fingerprint density at radius 1 is 1.19 bits per heavy atom. The second-order valence-corrected chi connectivity index (χ2v) is 7.59. The Morgan fingerprint density at radius 2 is 1.93 bits per heavy atom. The number of quaternary nitrogens is 1. The fraction of sp³-hybridized carbons (Fsp3) is 0.429. The van der Waals surface area contributed by atoms with Crippen LogP contribution in [-0.4, -0.2) is 36.6 Å². The molecule has 27 heavy (non-hydrogen) atoms. The molecule has 1 amide bonds. The largest absolute Gasteiger partial charge is 0.458 e. The van der Waals surface area contributed by atoms with E-state index in [1.165, 1.54) is 11.3 Å². The quantitative estimate of drug-likeness (QED) is 0.782. The van der Waals surface area contributed by atoms with Gasteiger partial charge in [-0.25, -0.2) is 0 Å². The maximum atomic E-state index is 13.2. The van der Waals surface area contributed by atoms with Gasteiger partial charge in [-0.2, -0.15) is 0 Å². The van der Waals surface area contributed by atoms with Gasteiger partial charge < -0.3 is 14.4 Å². The van der Waals surface area contributed by atoms with E-state index in [1.807, 2.05) is 12.1 Å². The summed E-state index contributed by atoms with van der Waals surface area (Å²) < 4.78 is 5.38. The predicted molar refractivity (Wildman–Crippen MR) is 99.6 cm³/mol. The molecule has 0 unspecified atom stereocenters. The first-order valence-corrected chi connectivity index (χ1v) is 9.56. The average molecular weight is 369 g/mol. The zero-order valence-electron chi connectivity index (χ0n) is 15.5. The van der Waals surface area contributed by atoms with Gasteiger partial charge in [-0.05, 0) is 44.4 Å². The fourth-order valence-corrected chi connectivity index (χ4v) is 4.17. The molecule has 6 heteroatoms. The second kappa shape index (κ2) is 6.94. The number of nitrogens with zero attached hydrogens (tertiary/aromatic N) is 1. The van der Waals surface area contributed by atoms with Crippen LogP contribution in [0.5, 0.6) is 0 Å². The van der Waals surface area contributed by atoms with Crippen LogP contribution in [0.3, 0.4) is 0 Å². The Morgan fingerprint density at radius 3 is 2.63 bits per heavy atom. The van der Waals surface area contributed by atoms with Crippen molar-refractivity contribution in [1.29, 1.82) is 0 Å². The number of carbonyl (C=O) groups is 2. The number of carbonyl (C=O) groups excluding carboxylic acids is 2. The number of fused-ring (bicyclic) bond motifs is 1. The number of para-hydroxylation sites is 1. The maximum absolute atomic E-state index is 13.2. The summed E-state index contributed by atoms with van der Waals surface area (Å²) in [6.45, 7) is 4.32. The van der Waals surface area contributed by atoms with Gasteiger partial charge in [-0.3, -0.25) is 14.5 Å². The van der Waals surface area contributed by atoms with Gasteiger partial charge in [-0.15, -0.1) is 0 Å². The number of anilines is 1. The van der Waals surface area contributed by atoms with Crippen molar-refractivity contribution in [1.82, 2.24) is 0 Å². The van der Waals surface area contributed by atoms with Crippen LogP contribution in [0.2, 0.25) is 0 Å². The van der Waals surface area contributed by atoms with Gasteiger partial charge in [0, 0.05) is 5.56 Å². The van der Waals surface area contributed by atoms with Crippen molar-refractivity contribution in [3.8, 4) is 0 Å². The van der Waals surface area contributed by atoms with Crippen molar-refractivity contribution in [3.63, 3.8) is 0 Å². The molecule has 2 aliphatic rings. The standard InChI is InChI=1S/C21H24N2O4/c1-15-9-10-19(27-15)18(24)13-21(26)16-7-3-4-8-17(16)23(20(21)25)14-22-11-5-2-6-12-22/h3-4,7-10,26H,2,5-6,11-14H2,1H3/p+1/t21-/m0/s1. The van der Waals surface area contributed by atoms with Gasteiger partial charge in [0.1, 0.15) is 5.76 Å². The number of nitrogens with one attached hydrogen (secondary N) is 1. The van der Waals surface area contributed by atoms with Crippen LogP contribution in [0.25, 0.3) is 0 Å². The summed E-state index contributed by atoms with van der Waals surface area (Å²) in [5, 5.41) is 11.3. The number of aryl methyl sites for hydroxylation is 1. The van der Waals surface area contributed by atoms with Gasteiger partial charge in [0.2, 0.25) is 5.78 Å². The van der Waals surface area contributed by atoms with Crippen molar-refractivity contribution < 1.29 is 24.0 Å². The smallest absolute Gasteiger partial charge is 0.268 e. The summed E-state index contributed by atoms with van der Waals surface area (Å²) in [7, 11) is 0. The number of ketones is 1. The van der Waals surface area contributed by atoms with E-state index in [2.05, 4.69) is 0 Å². The molecule has 0 radical (unpaired) electrons. The number of hydrogen-bond donors (Lipinski definition) is 2. The summed E-state index contributed by atoms with van der Waals surface area (Å²) in [6.07, 6.45) is 3.22. The van der Waals surface area contributed by atoms with Crippen molar-refractivity contribution in [3.05, 3.63) is 53.5 Å². The van der Waals surface area contributed by atoms with Crippen LogP contribution in [0, 0.1) is 6.92 Å². The predicted octanol–water partition coefficient (Wildman–Crippen LogP) is 1.42. The second-order valence-electron chi connectivity index (χ2n) is 7.59. The SMILES string of the molecule is Cc1ccc(C(=O)C[C@@]2(O)C(=O)N(C[NH+]3CCCCC3)c3ccccc32)o1. The van der Waals surface area contributed by atoms with E-state index in [9.17, 15) is 14.7 Å². The molecular formula is C21H25N2O4+. The molecule has 2 aromatic rings. The van der Waals surface area contributed by atoms with Gasteiger partial charge in [0.15, 0.2) is 18.0 Å². The van der Waals surface area contributed by atoms with E-state index in [0.717, 1.165) is 25.9 Å². The van der Waals surface area contributed by atoms with Crippen molar-refractivity contribution >= 4 is 17.4 Å². The number of amides is 1. The first-order valence-electron chi connectivity index (χ1n) is 9.56. The van der Waals surface area contributed by atoms with E-state index in [-0.39, 0.29) is 18.0 Å². The summed E-state index contributed by atoms with van der Waals surface area (Å²) >= 11 is 0. The minimum Gasteiger partial charge on any atom is -0.458 e. The molecule has 0 saturated carbocycles. The molecule has 142 valence electrons. The van der Waals surface area contributed by atoms with E-state index < -0.39 is 11.5 Å². The number of furan rings is 1. The Bertz CT molecular complexity index is 869.